The maximum Gasteiger partial charge on any atom is 0.264 e. The fraction of sp³-hybridized carbons (Fsp3) is 0.286. The summed E-state index contributed by atoms with van der Waals surface area (Å²) in [6.07, 6.45) is 0.521. The Labute approximate surface area is 218 Å². The van der Waals surface area contributed by atoms with Crippen LogP contribution in [0.5, 0.6) is 5.75 Å². The Hall–Kier alpha value is -3.85. The molecule has 0 saturated carbocycles. The lowest BCUT2D eigenvalue weighted by atomic mass is 10.1. The Bertz CT molecular complexity index is 1270. The monoisotopic (exact) mass is 523 g/mol. The van der Waals surface area contributed by atoms with Crippen LogP contribution in [-0.4, -0.2) is 57.9 Å². The number of nitrogens with one attached hydrogen (secondary N) is 1. The number of nitrogens with zero attached hydrogens (tertiary/aromatic N) is 2. The molecule has 0 aliphatic rings. The highest BCUT2D eigenvalue weighted by Crippen LogP contribution is 2.25. The molecule has 3 rings (SSSR count). The first-order valence-corrected chi connectivity index (χ1v) is 13.5. The van der Waals surface area contributed by atoms with Gasteiger partial charge in [-0.15, -0.1) is 0 Å². The number of sulfonamides is 1. The molecule has 9 heteroatoms. The summed E-state index contributed by atoms with van der Waals surface area (Å²) in [5.41, 5.74) is 1.36. The molecule has 0 fully saturated rings. The van der Waals surface area contributed by atoms with Gasteiger partial charge in [0.1, 0.15) is 18.3 Å². The van der Waals surface area contributed by atoms with Crippen LogP contribution in [0.3, 0.4) is 0 Å². The predicted molar refractivity (Wildman–Crippen MR) is 144 cm³/mol. The molecule has 1 atom stereocenters. The fourth-order valence-electron chi connectivity index (χ4n) is 3.89. The number of hydrogen-bond acceptors (Lipinski definition) is 5. The van der Waals surface area contributed by atoms with Crippen LogP contribution >= 0.6 is 0 Å². The highest BCUT2D eigenvalue weighted by Gasteiger charge is 2.32. The van der Waals surface area contributed by atoms with Crippen LogP contribution in [0.4, 0.5) is 5.69 Å². The van der Waals surface area contributed by atoms with Gasteiger partial charge in [0.05, 0.1) is 17.7 Å². The molecule has 0 aliphatic heterocycles. The van der Waals surface area contributed by atoms with Crippen LogP contribution in [0.25, 0.3) is 0 Å². The number of benzene rings is 3. The minimum atomic E-state index is -4.10. The van der Waals surface area contributed by atoms with Crippen molar-refractivity contribution < 1.29 is 22.7 Å². The van der Waals surface area contributed by atoms with Crippen molar-refractivity contribution in [3.8, 4) is 5.75 Å². The zero-order chi connectivity index (χ0) is 26.8. The third-order valence-corrected chi connectivity index (χ3v) is 7.76. The molecule has 0 saturated heterocycles. The van der Waals surface area contributed by atoms with Crippen molar-refractivity contribution >= 4 is 27.5 Å². The summed E-state index contributed by atoms with van der Waals surface area (Å²) in [6.45, 7) is 3.67. The number of amides is 2. The van der Waals surface area contributed by atoms with E-state index in [0.717, 1.165) is 9.87 Å². The number of anilines is 1. The lowest BCUT2D eigenvalue weighted by Crippen LogP contribution is -2.52. The molecule has 196 valence electrons. The molecular weight excluding hydrogens is 490 g/mol. The molecule has 0 aliphatic carbocycles. The zero-order valence-electron chi connectivity index (χ0n) is 21.3. The number of likely N-dealkylation sites (N-methyl/N-ethyl adjacent to an activating group) is 1. The number of carbonyl (C=O) groups is 2. The number of rotatable bonds is 12. The van der Waals surface area contributed by atoms with Crippen molar-refractivity contribution in [3.05, 3.63) is 90.5 Å². The molecule has 0 spiro atoms. The Morgan fingerprint density at radius 2 is 1.51 bits per heavy atom. The molecular formula is C28H33N3O5S. The van der Waals surface area contributed by atoms with Crippen molar-refractivity contribution in [1.82, 2.24) is 10.2 Å². The third-order valence-electron chi connectivity index (χ3n) is 5.97. The van der Waals surface area contributed by atoms with E-state index in [0.29, 0.717) is 24.4 Å². The summed E-state index contributed by atoms with van der Waals surface area (Å²) in [5.74, 6) is -0.257. The highest BCUT2D eigenvalue weighted by atomic mass is 32.2. The van der Waals surface area contributed by atoms with E-state index < -0.39 is 28.5 Å². The summed E-state index contributed by atoms with van der Waals surface area (Å²) >= 11 is 0. The SMILES string of the molecule is CCNC(=O)C(C)N(CCc1ccccc1)C(=O)CN(c1ccccc1)S(=O)(=O)c1ccc(OC)cc1. The summed E-state index contributed by atoms with van der Waals surface area (Å²) in [6, 6.07) is 23.3. The predicted octanol–water partition coefficient (Wildman–Crippen LogP) is 3.49. The molecule has 0 aromatic heterocycles. The molecule has 1 unspecified atom stereocenters. The first-order valence-electron chi connectivity index (χ1n) is 12.1. The second kappa shape index (κ2) is 12.9. The third kappa shape index (κ3) is 7.10. The van der Waals surface area contributed by atoms with E-state index in [1.807, 2.05) is 30.3 Å². The summed E-state index contributed by atoms with van der Waals surface area (Å²) in [7, 11) is -2.60. The highest BCUT2D eigenvalue weighted by molar-refractivity contribution is 7.92. The number of methoxy groups -OCH3 is 1. The molecule has 0 radical (unpaired) electrons. The average Bonchev–Trinajstić information content (AvgIpc) is 2.92. The van der Waals surface area contributed by atoms with Gasteiger partial charge >= 0.3 is 0 Å². The molecule has 37 heavy (non-hydrogen) atoms. The quantitative estimate of drug-likeness (QED) is 0.392. The fourth-order valence-corrected chi connectivity index (χ4v) is 5.30. The normalized spacial score (nSPS) is 11.9. The van der Waals surface area contributed by atoms with Gasteiger partial charge in [-0.2, -0.15) is 0 Å². The Balaban J connectivity index is 1.94. The van der Waals surface area contributed by atoms with Gasteiger partial charge in [0.25, 0.3) is 10.0 Å². The molecule has 1 N–H and O–H groups in total. The number of para-hydroxylation sites is 1. The van der Waals surface area contributed by atoms with Crippen LogP contribution in [-0.2, 0) is 26.0 Å². The Morgan fingerprint density at radius 3 is 2.08 bits per heavy atom. The topological polar surface area (TPSA) is 96.0 Å². The maximum absolute atomic E-state index is 13.7. The van der Waals surface area contributed by atoms with Crippen LogP contribution in [0.2, 0.25) is 0 Å². The van der Waals surface area contributed by atoms with Gasteiger partial charge in [-0.25, -0.2) is 8.42 Å². The molecule has 0 bridgehead atoms. The van der Waals surface area contributed by atoms with Crippen LogP contribution in [0, 0.1) is 0 Å². The second-order valence-corrected chi connectivity index (χ2v) is 10.3. The molecule has 8 nitrogen and oxygen atoms in total. The van der Waals surface area contributed by atoms with Gasteiger partial charge < -0.3 is 15.0 Å². The van der Waals surface area contributed by atoms with Crippen molar-refractivity contribution in [2.75, 3.05) is 31.0 Å². The summed E-state index contributed by atoms with van der Waals surface area (Å²) in [4.78, 5) is 27.9. The number of ether oxygens (including phenoxy) is 1. The van der Waals surface area contributed by atoms with Gasteiger partial charge in [0.15, 0.2) is 0 Å². The van der Waals surface area contributed by atoms with Gasteiger partial charge in [0.2, 0.25) is 11.8 Å². The lowest BCUT2D eigenvalue weighted by Gasteiger charge is -2.32. The molecule has 3 aromatic carbocycles. The van der Waals surface area contributed by atoms with Gasteiger partial charge in [-0.1, -0.05) is 48.5 Å². The first kappa shape index (κ1) is 27.7. The minimum Gasteiger partial charge on any atom is -0.497 e. The van der Waals surface area contributed by atoms with Crippen molar-refractivity contribution in [1.29, 1.82) is 0 Å². The van der Waals surface area contributed by atoms with Crippen LogP contribution in [0.15, 0.2) is 89.8 Å². The minimum absolute atomic E-state index is 0.0255. The van der Waals surface area contributed by atoms with E-state index in [9.17, 15) is 18.0 Å². The molecule has 0 heterocycles. The van der Waals surface area contributed by atoms with E-state index in [4.69, 9.17) is 4.74 Å². The van der Waals surface area contributed by atoms with E-state index in [1.165, 1.54) is 24.1 Å². The van der Waals surface area contributed by atoms with E-state index in [2.05, 4.69) is 5.32 Å². The van der Waals surface area contributed by atoms with Gasteiger partial charge in [0, 0.05) is 13.1 Å². The Morgan fingerprint density at radius 1 is 0.919 bits per heavy atom. The van der Waals surface area contributed by atoms with E-state index >= 15 is 0 Å². The average molecular weight is 524 g/mol. The smallest absolute Gasteiger partial charge is 0.264 e. The van der Waals surface area contributed by atoms with E-state index in [1.54, 1.807) is 56.3 Å². The van der Waals surface area contributed by atoms with Gasteiger partial charge in [-0.05, 0) is 62.2 Å². The first-order chi connectivity index (χ1) is 17.8. The van der Waals surface area contributed by atoms with Crippen molar-refractivity contribution in [2.24, 2.45) is 0 Å². The summed E-state index contributed by atoms with van der Waals surface area (Å²) in [5, 5.41) is 2.75. The second-order valence-electron chi connectivity index (χ2n) is 8.42. The zero-order valence-corrected chi connectivity index (χ0v) is 22.1. The lowest BCUT2D eigenvalue weighted by molar-refractivity contribution is -0.138. The van der Waals surface area contributed by atoms with Crippen LogP contribution in [0.1, 0.15) is 19.4 Å². The standard InChI is InChI=1S/C28H33N3O5S/c1-4-29-28(33)22(2)30(20-19-23-11-7-5-8-12-23)27(32)21-31(24-13-9-6-10-14-24)37(34,35)26-17-15-25(36-3)16-18-26/h5-18,22H,4,19-21H2,1-3H3,(H,29,33). The van der Waals surface area contributed by atoms with Crippen molar-refractivity contribution in [2.45, 2.75) is 31.2 Å². The van der Waals surface area contributed by atoms with E-state index in [-0.39, 0.29) is 17.3 Å². The molecule has 2 amide bonds. The number of hydrogen-bond donors (Lipinski definition) is 1. The largest absolute Gasteiger partial charge is 0.497 e. The van der Waals surface area contributed by atoms with Crippen LogP contribution < -0.4 is 14.4 Å². The molecule has 3 aromatic rings. The summed E-state index contributed by atoms with van der Waals surface area (Å²) < 4.78 is 33.7. The Kier molecular flexibility index (Phi) is 9.68. The van der Waals surface area contributed by atoms with Gasteiger partial charge in [-0.3, -0.25) is 13.9 Å². The maximum atomic E-state index is 13.7. The number of carbonyl (C=O) groups excluding carboxylic acids is 2. The van der Waals surface area contributed by atoms with Crippen molar-refractivity contribution in [3.63, 3.8) is 0 Å².